The van der Waals surface area contributed by atoms with Crippen LogP contribution in [0.2, 0.25) is 0 Å². The zero-order valence-corrected chi connectivity index (χ0v) is 15.9. The highest BCUT2D eigenvalue weighted by Gasteiger charge is 2.18. The second-order valence-corrected chi connectivity index (χ2v) is 6.97. The van der Waals surface area contributed by atoms with Gasteiger partial charge in [0, 0.05) is 17.9 Å². The van der Waals surface area contributed by atoms with Gasteiger partial charge in [0.15, 0.2) is 0 Å². The van der Waals surface area contributed by atoms with Gasteiger partial charge >= 0.3 is 5.97 Å². The first kappa shape index (κ1) is 20.0. The Hall–Kier alpha value is -2.27. The third-order valence-electron chi connectivity index (χ3n) is 3.74. The molecule has 0 bridgehead atoms. The molecule has 0 heterocycles. The van der Waals surface area contributed by atoms with Crippen molar-refractivity contribution in [3.8, 4) is 0 Å². The molecule has 2 rings (SSSR count). The summed E-state index contributed by atoms with van der Waals surface area (Å²) in [7, 11) is 0. The van der Waals surface area contributed by atoms with Gasteiger partial charge in [0.25, 0.3) is 0 Å². The highest BCUT2D eigenvalue weighted by molar-refractivity contribution is 7.99. The van der Waals surface area contributed by atoms with Crippen LogP contribution in [0.3, 0.4) is 0 Å². The minimum Gasteiger partial charge on any atom is -0.465 e. The van der Waals surface area contributed by atoms with Gasteiger partial charge in [-0.25, -0.2) is 0 Å². The van der Waals surface area contributed by atoms with Crippen LogP contribution in [0.25, 0.3) is 0 Å². The van der Waals surface area contributed by atoms with Gasteiger partial charge < -0.3 is 9.64 Å². The fraction of sp³-hybridized carbons (Fsp3) is 0.333. The summed E-state index contributed by atoms with van der Waals surface area (Å²) in [5.41, 5.74) is 1.00. The van der Waals surface area contributed by atoms with Gasteiger partial charge in [-0.1, -0.05) is 48.5 Å². The normalized spacial score (nSPS) is 10.3. The minimum atomic E-state index is -0.365. The van der Waals surface area contributed by atoms with Gasteiger partial charge in [0.05, 0.1) is 6.61 Å². The quantitative estimate of drug-likeness (QED) is 0.358. The van der Waals surface area contributed by atoms with E-state index in [9.17, 15) is 9.59 Å². The molecule has 0 aliphatic carbocycles. The van der Waals surface area contributed by atoms with E-state index >= 15 is 0 Å². The topological polar surface area (TPSA) is 46.6 Å². The highest BCUT2D eigenvalue weighted by Crippen LogP contribution is 2.19. The number of nitrogens with zero attached hydrogens (tertiary/aromatic N) is 1. The fourth-order valence-corrected chi connectivity index (χ4v) is 3.36. The number of hydrogen-bond donors (Lipinski definition) is 0. The van der Waals surface area contributed by atoms with Gasteiger partial charge in [-0.3, -0.25) is 9.59 Å². The van der Waals surface area contributed by atoms with E-state index in [4.69, 9.17) is 4.74 Å². The number of thioether (sulfide) groups is 1. The van der Waals surface area contributed by atoms with Crippen LogP contribution < -0.4 is 0 Å². The number of rotatable bonds is 10. The van der Waals surface area contributed by atoms with Gasteiger partial charge in [-0.2, -0.15) is 0 Å². The van der Waals surface area contributed by atoms with Crippen molar-refractivity contribution in [1.29, 1.82) is 0 Å². The van der Waals surface area contributed by atoms with Crippen LogP contribution in [0.5, 0.6) is 0 Å². The molecule has 0 saturated carbocycles. The molecule has 0 aromatic heterocycles. The Morgan fingerprint density at radius 3 is 2.31 bits per heavy atom. The second-order valence-electron chi connectivity index (χ2n) is 5.81. The smallest absolute Gasteiger partial charge is 0.325 e. The van der Waals surface area contributed by atoms with Crippen molar-refractivity contribution in [2.75, 3.05) is 18.9 Å². The Labute approximate surface area is 159 Å². The molecule has 1 amide bonds. The Balaban J connectivity index is 1.86. The molecule has 0 aliphatic rings. The lowest BCUT2D eigenvalue weighted by Crippen LogP contribution is -2.36. The molecule has 0 fully saturated rings. The molecule has 0 radical (unpaired) electrons. The fourth-order valence-electron chi connectivity index (χ4n) is 2.49. The van der Waals surface area contributed by atoms with Crippen LogP contribution in [0.15, 0.2) is 65.6 Å². The maximum Gasteiger partial charge on any atom is 0.325 e. The highest BCUT2D eigenvalue weighted by atomic mass is 32.2. The maximum atomic E-state index is 12.6. The second kappa shape index (κ2) is 11.4. The summed E-state index contributed by atoms with van der Waals surface area (Å²) in [6.07, 6.45) is 1.19. The van der Waals surface area contributed by atoms with E-state index in [0.29, 0.717) is 19.6 Å². The number of benzene rings is 2. The van der Waals surface area contributed by atoms with E-state index in [-0.39, 0.29) is 18.4 Å². The largest absolute Gasteiger partial charge is 0.465 e. The van der Waals surface area contributed by atoms with E-state index < -0.39 is 0 Å². The monoisotopic (exact) mass is 371 g/mol. The summed E-state index contributed by atoms with van der Waals surface area (Å²) < 4.78 is 5.01. The Bertz CT molecular complexity index is 676. The zero-order chi connectivity index (χ0) is 18.6. The van der Waals surface area contributed by atoms with E-state index in [0.717, 1.165) is 17.7 Å². The summed E-state index contributed by atoms with van der Waals surface area (Å²) in [6, 6.07) is 19.8. The molecule has 5 heteroatoms. The third kappa shape index (κ3) is 7.31. The number of carbonyl (C=O) groups is 2. The molecule has 0 atom stereocenters. The molecular formula is C21H25NO3S. The predicted octanol–water partition coefficient (Wildman–Crippen LogP) is 4.15. The van der Waals surface area contributed by atoms with Crippen LogP contribution in [0, 0.1) is 0 Å². The number of hydrogen-bond acceptors (Lipinski definition) is 4. The van der Waals surface area contributed by atoms with E-state index in [2.05, 4.69) is 12.1 Å². The van der Waals surface area contributed by atoms with Crippen LogP contribution in [-0.2, 0) is 20.9 Å². The predicted molar refractivity (Wildman–Crippen MR) is 105 cm³/mol. The molecule has 0 aliphatic heterocycles. The molecule has 0 spiro atoms. The number of amides is 1. The molecule has 0 unspecified atom stereocenters. The first-order valence-electron chi connectivity index (χ1n) is 8.84. The van der Waals surface area contributed by atoms with Gasteiger partial charge in [0.1, 0.15) is 6.54 Å². The molecule has 26 heavy (non-hydrogen) atoms. The van der Waals surface area contributed by atoms with Gasteiger partial charge in [-0.05, 0) is 36.8 Å². The molecule has 2 aromatic rings. The SMILES string of the molecule is CCOC(=O)CN(Cc1ccccc1)C(=O)CCCSc1ccccc1. The number of carbonyl (C=O) groups excluding carboxylic acids is 2. The molecule has 0 N–H and O–H groups in total. The Kier molecular flexibility index (Phi) is 8.76. The zero-order valence-electron chi connectivity index (χ0n) is 15.1. The minimum absolute atomic E-state index is 0.00655. The van der Waals surface area contributed by atoms with E-state index in [1.165, 1.54) is 4.90 Å². The van der Waals surface area contributed by atoms with Crippen molar-refractivity contribution in [3.05, 3.63) is 66.2 Å². The van der Waals surface area contributed by atoms with Crippen molar-refractivity contribution in [3.63, 3.8) is 0 Å². The first-order chi connectivity index (χ1) is 12.7. The van der Waals surface area contributed by atoms with Crippen LogP contribution in [0.1, 0.15) is 25.3 Å². The van der Waals surface area contributed by atoms with Crippen molar-refractivity contribution in [2.45, 2.75) is 31.2 Å². The van der Waals surface area contributed by atoms with E-state index in [1.807, 2.05) is 48.5 Å². The molecule has 4 nitrogen and oxygen atoms in total. The molecule has 0 saturated heterocycles. The average Bonchev–Trinajstić information content (AvgIpc) is 2.66. The third-order valence-corrected chi connectivity index (χ3v) is 4.84. The lowest BCUT2D eigenvalue weighted by atomic mass is 10.2. The molecule has 138 valence electrons. The van der Waals surface area contributed by atoms with Crippen molar-refractivity contribution >= 4 is 23.6 Å². The summed E-state index contributed by atoms with van der Waals surface area (Å²) in [6.45, 7) is 2.50. The lowest BCUT2D eigenvalue weighted by molar-refractivity contribution is -0.149. The summed E-state index contributed by atoms with van der Waals surface area (Å²) in [5, 5.41) is 0. The first-order valence-corrected chi connectivity index (χ1v) is 9.82. The number of esters is 1. The lowest BCUT2D eigenvalue weighted by Gasteiger charge is -2.22. The summed E-state index contributed by atoms with van der Waals surface area (Å²) in [5.74, 6) is 0.486. The van der Waals surface area contributed by atoms with Crippen LogP contribution in [0.4, 0.5) is 0 Å². The maximum absolute atomic E-state index is 12.6. The molecular weight excluding hydrogens is 346 g/mol. The van der Waals surface area contributed by atoms with Gasteiger partial charge in [-0.15, -0.1) is 11.8 Å². The average molecular weight is 372 g/mol. The van der Waals surface area contributed by atoms with Crippen molar-refractivity contribution in [1.82, 2.24) is 4.90 Å². The number of ether oxygens (including phenoxy) is 1. The van der Waals surface area contributed by atoms with Crippen LogP contribution in [-0.4, -0.2) is 35.7 Å². The Morgan fingerprint density at radius 1 is 1.00 bits per heavy atom. The van der Waals surface area contributed by atoms with Gasteiger partial charge in [0.2, 0.25) is 5.91 Å². The summed E-state index contributed by atoms with van der Waals surface area (Å²) >= 11 is 1.74. The van der Waals surface area contributed by atoms with Crippen LogP contribution >= 0.6 is 11.8 Å². The van der Waals surface area contributed by atoms with Crippen molar-refractivity contribution in [2.24, 2.45) is 0 Å². The standard InChI is InChI=1S/C21H25NO3S/c1-2-25-21(24)17-22(16-18-10-5-3-6-11-18)20(23)14-9-15-26-19-12-7-4-8-13-19/h3-8,10-13H,2,9,14-17H2,1H3. The Morgan fingerprint density at radius 2 is 1.65 bits per heavy atom. The van der Waals surface area contributed by atoms with Crippen molar-refractivity contribution < 1.29 is 14.3 Å². The summed E-state index contributed by atoms with van der Waals surface area (Å²) in [4.78, 5) is 27.2. The molecule has 2 aromatic carbocycles. The van der Waals surface area contributed by atoms with E-state index in [1.54, 1.807) is 23.6 Å².